The average Bonchev–Trinajstić information content (AvgIpc) is 3.30. The summed E-state index contributed by atoms with van der Waals surface area (Å²) in [6, 6.07) is 11.3. The molecule has 0 aromatic heterocycles. The Hall–Kier alpha value is -3.93. The fraction of sp³-hybridized carbons (Fsp3) is 0.405. The Labute approximate surface area is 268 Å². The molecule has 0 aliphatic carbocycles. The third-order valence-corrected chi connectivity index (χ3v) is 9.76. The van der Waals surface area contributed by atoms with Gasteiger partial charge < -0.3 is 10.0 Å². The van der Waals surface area contributed by atoms with Crippen LogP contribution < -0.4 is 4.90 Å². The van der Waals surface area contributed by atoms with E-state index in [4.69, 9.17) is 11.5 Å². The number of aryl methyl sites for hydroxylation is 1. The molecule has 2 N–H and O–H groups in total. The molecule has 0 saturated carbocycles. The van der Waals surface area contributed by atoms with E-state index in [-0.39, 0.29) is 16.7 Å². The van der Waals surface area contributed by atoms with Crippen LogP contribution in [0.4, 0.5) is 11.4 Å². The molecule has 2 aromatic carbocycles. The van der Waals surface area contributed by atoms with Crippen molar-refractivity contribution >= 4 is 33.2 Å². The highest BCUT2D eigenvalue weighted by Gasteiger charge is 2.45. The molecule has 4 rings (SSSR count). The van der Waals surface area contributed by atoms with Crippen molar-refractivity contribution in [2.75, 3.05) is 18.0 Å². The quantitative estimate of drug-likeness (QED) is 0.0784. The summed E-state index contributed by atoms with van der Waals surface area (Å²) in [4.78, 5) is 13.3. The summed E-state index contributed by atoms with van der Waals surface area (Å²) >= 11 is 0. The number of anilines is 1. The van der Waals surface area contributed by atoms with Crippen LogP contribution in [0.2, 0.25) is 0 Å². The van der Waals surface area contributed by atoms with Gasteiger partial charge in [0, 0.05) is 60.3 Å². The highest BCUT2D eigenvalue weighted by atomic mass is 32.2. The third kappa shape index (κ3) is 7.32. The van der Waals surface area contributed by atoms with Crippen LogP contribution in [-0.4, -0.2) is 47.4 Å². The van der Waals surface area contributed by atoms with Crippen LogP contribution in [0, 0.1) is 19.3 Å². The Kier molecular flexibility index (Phi) is 10.3. The van der Waals surface area contributed by atoms with Crippen LogP contribution in [0.15, 0.2) is 77.4 Å². The van der Waals surface area contributed by atoms with Gasteiger partial charge in [-0.3, -0.25) is 9.35 Å². The molecule has 2 aliphatic heterocycles. The van der Waals surface area contributed by atoms with Crippen molar-refractivity contribution in [2.45, 2.75) is 88.9 Å². The molecule has 2 aromatic rings. The first-order chi connectivity index (χ1) is 21.2. The normalized spacial score (nSPS) is 17.8. The lowest BCUT2D eigenvalue weighted by atomic mass is 9.81. The summed E-state index contributed by atoms with van der Waals surface area (Å²) in [7, 11) is -4.33. The first-order valence-electron chi connectivity index (χ1n) is 15.6. The number of carbonyl (C=O) groups is 1. The lowest BCUT2D eigenvalue weighted by Gasteiger charge is -2.27. The van der Waals surface area contributed by atoms with Crippen LogP contribution in [0.25, 0.3) is 0 Å². The van der Waals surface area contributed by atoms with Crippen LogP contribution in [0.1, 0.15) is 82.9 Å². The Morgan fingerprint density at radius 1 is 0.978 bits per heavy atom. The van der Waals surface area contributed by atoms with Gasteiger partial charge in [-0.1, -0.05) is 49.8 Å². The minimum Gasteiger partial charge on any atom is -0.481 e. The summed E-state index contributed by atoms with van der Waals surface area (Å²) < 4.78 is 35.8. The van der Waals surface area contributed by atoms with Gasteiger partial charge in [-0.25, -0.2) is 0 Å². The van der Waals surface area contributed by atoms with E-state index in [0.717, 1.165) is 55.0 Å². The van der Waals surface area contributed by atoms with Crippen molar-refractivity contribution < 1.29 is 27.4 Å². The molecule has 0 atom stereocenters. The van der Waals surface area contributed by atoms with E-state index < -0.39 is 21.5 Å². The summed E-state index contributed by atoms with van der Waals surface area (Å²) in [6.45, 7) is 12.2. The maximum absolute atomic E-state index is 11.9. The van der Waals surface area contributed by atoms with E-state index in [9.17, 15) is 17.8 Å². The monoisotopic (exact) mass is 629 g/mol. The first-order valence-corrected chi connectivity index (χ1v) is 17.0. The number of aliphatic carboxylic acids is 1. The molecule has 0 fully saturated rings. The Morgan fingerprint density at radius 2 is 1.73 bits per heavy atom. The van der Waals surface area contributed by atoms with Crippen molar-refractivity contribution in [1.29, 1.82) is 0 Å². The van der Waals surface area contributed by atoms with E-state index in [1.807, 2.05) is 18.2 Å². The molecule has 238 valence electrons. The molecular weight excluding hydrogens is 584 g/mol. The summed E-state index contributed by atoms with van der Waals surface area (Å²) in [5.74, 6) is 1.93. The van der Waals surface area contributed by atoms with Gasteiger partial charge in [-0.2, -0.15) is 13.0 Å². The zero-order valence-corrected chi connectivity index (χ0v) is 27.8. The Morgan fingerprint density at radius 3 is 2.42 bits per heavy atom. The fourth-order valence-electron chi connectivity index (χ4n) is 6.49. The highest BCUT2D eigenvalue weighted by molar-refractivity contribution is 7.85. The molecule has 0 radical (unpaired) electrons. The SMILES string of the molecule is C#CCCCC[N+]1=C(C=CC=CC=C2N(CCCCC(=O)O)c3ccc(C)cc3C2(C)C)C(C)(C)c2cc(S(=O)(=O)O)ccc21. The molecule has 0 bridgehead atoms. The van der Waals surface area contributed by atoms with E-state index in [1.165, 1.54) is 22.9 Å². The number of benzene rings is 2. The zero-order valence-electron chi connectivity index (χ0n) is 27.0. The molecule has 7 nitrogen and oxygen atoms in total. The molecular formula is C37H45N2O5S+. The van der Waals surface area contributed by atoms with Crippen LogP contribution >= 0.6 is 0 Å². The number of unbranched alkanes of at least 4 members (excludes halogenated alkanes) is 3. The molecule has 0 amide bonds. The maximum atomic E-state index is 11.9. The number of carboxylic acids is 1. The number of hydrogen-bond donors (Lipinski definition) is 2. The zero-order chi connectivity index (χ0) is 33.0. The van der Waals surface area contributed by atoms with Gasteiger partial charge >= 0.3 is 5.97 Å². The lowest BCUT2D eigenvalue weighted by molar-refractivity contribution is -0.438. The van der Waals surface area contributed by atoms with Gasteiger partial charge in [0.25, 0.3) is 10.1 Å². The van der Waals surface area contributed by atoms with Crippen molar-refractivity contribution in [3.05, 3.63) is 89.2 Å². The van der Waals surface area contributed by atoms with Crippen LogP contribution in [0.5, 0.6) is 0 Å². The molecule has 8 heteroatoms. The number of hydrogen-bond acceptors (Lipinski definition) is 4. The highest BCUT2D eigenvalue weighted by Crippen LogP contribution is 2.48. The maximum Gasteiger partial charge on any atom is 0.303 e. The van der Waals surface area contributed by atoms with Crippen LogP contribution in [-0.2, 0) is 25.7 Å². The van der Waals surface area contributed by atoms with Crippen molar-refractivity contribution in [1.82, 2.24) is 0 Å². The van der Waals surface area contributed by atoms with Crippen molar-refractivity contribution in [3.63, 3.8) is 0 Å². The largest absolute Gasteiger partial charge is 0.481 e. The topological polar surface area (TPSA) is 97.9 Å². The predicted octanol–water partition coefficient (Wildman–Crippen LogP) is 7.47. The van der Waals surface area contributed by atoms with Crippen LogP contribution in [0.3, 0.4) is 0 Å². The number of nitrogens with zero attached hydrogens (tertiary/aromatic N) is 2. The minimum absolute atomic E-state index is 0.110. The van der Waals surface area contributed by atoms with Crippen molar-refractivity contribution in [2.24, 2.45) is 0 Å². The molecule has 0 saturated heterocycles. The van der Waals surface area contributed by atoms with E-state index in [2.05, 4.69) is 80.4 Å². The summed E-state index contributed by atoms with van der Waals surface area (Å²) in [5.41, 5.74) is 6.90. The fourth-order valence-corrected chi connectivity index (χ4v) is 6.99. The van der Waals surface area contributed by atoms with Gasteiger partial charge in [0.05, 0.1) is 10.3 Å². The number of terminal acetylenes is 1. The molecule has 0 spiro atoms. The van der Waals surface area contributed by atoms with Gasteiger partial charge in [-0.15, -0.1) is 12.3 Å². The molecule has 45 heavy (non-hydrogen) atoms. The molecule has 0 unspecified atom stereocenters. The Balaban J connectivity index is 1.64. The first kappa shape index (κ1) is 34.0. The summed E-state index contributed by atoms with van der Waals surface area (Å²) in [6.07, 6.45) is 19.8. The average molecular weight is 630 g/mol. The number of fused-ring (bicyclic) bond motifs is 2. The van der Waals surface area contributed by atoms with Crippen molar-refractivity contribution in [3.8, 4) is 12.3 Å². The second-order valence-electron chi connectivity index (χ2n) is 12.9. The number of carboxylic acid groups (broad SMARTS) is 1. The summed E-state index contributed by atoms with van der Waals surface area (Å²) in [5, 5.41) is 9.10. The second kappa shape index (κ2) is 13.6. The molecule has 2 aliphatic rings. The van der Waals surface area contributed by atoms with E-state index in [0.29, 0.717) is 12.8 Å². The number of allylic oxidation sites excluding steroid dienone is 6. The standard InChI is InChI=1S/C37H44N2O5S/c1-7-8-9-14-23-38-32-22-20-28(45(42,43)44)26-30(32)37(5,6)34(38)17-12-10-11-16-33-36(3,4)29-25-27(2)19-21-31(29)39(33)24-15-13-18-35(40)41/h1,10-12,16-17,19-22,25-26H,8-9,13-15,18,23-24H2,2-6H3,(H-,40,41,42,43,44)/p+1. The Bertz CT molecular complexity index is 1740. The second-order valence-corrected chi connectivity index (χ2v) is 14.3. The lowest BCUT2D eigenvalue weighted by Crippen LogP contribution is -2.28. The predicted molar refractivity (Wildman–Crippen MR) is 181 cm³/mol. The van der Waals surface area contributed by atoms with E-state index in [1.54, 1.807) is 12.1 Å². The smallest absolute Gasteiger partial charge is 0.303 e. The van der Waals surface area contributed by atoms with Gasteiger partial charge in [0.2, 0.25) is 5.69 Å². The van der Waals surface area contributed by atoms with E-state index >= 15 is 0 Å². The van der Waals surface area contributed by atoms with Gasteiger partial charge in [-0.05, 0) is 69.9 Å². The molecule has 2 heterocycles. The number of rotatable bonds is 13. The van der Waals surface area contributed by atoms with Gasteiger partial charge in [0.15, 0.2) is 5.71 Å². The third-order valence-electron chi connectivity index (χ3n) is 8.91. The minimum atomic E-state index is -4.33. The van der Waals surface area contributed by atoms with Gasteiger partial charge in [0.1, 0.15) is 6.54 Å².